The molecule has 0 bridgehead atoms. The number of urea groups is 1. The van der Waals surface area contributed by atoms with Gasteiger partial charge in [-0.25, -0.2) is 9.18 Å². The number of hydrogen-bond acceptors (Lipinski definition) is 2. The normalized spacial score (nSPS) is 21.0. The first-order valence-electron chi connectivity index (χ1n) is 7.10. The predicted octanol–water partition coefficient (Wildman–Crippen LogP) is 3.23. The van der Waals surface area contributed by atoms with Crippen LogP contribution in [0.2, 0.25) is 5.02 Å². The average molecular weight is 311 g/mol. The zero-order chi connectivity index (χ0) is 15.0. The number of rotatable bonds is 2. The molecule has 0 aromatic heterocycles. The first-order valence-corrected chi connectivity index (χ1v) is 7.48. The Balaban J connectivity index is 1.86. The maximum atomic E-state index is 13.8. The molecular formula is C15H16ClFN2O2. The maximum Gasteiger partial charge on any atom is 0.325 e. The van der Waals surface area contributed by atoms with Crippen molar-refractivity contribution in [3.05, 3.63) is 34.6 Å². The van der Waals surface area contributed by atoms with E-state index in [1.165, 1.54) is 12.1 Å². The largest absolute Gasteiger partial charge is 0.325 e. The molecule has 2 fully saturated rings. The minimum Gasteiger partial charge on any atom is -0.323 e. The molecule has 1 heterocycles. The third-order valence-electron chi connectivity index (χ3n) is 4.33. The van der Waals surface area contributed by atoms with Crippen LogP contribution in [0.4, 0.5) is 9.18 Å². The van der Waals surface area contributed by atoms with E-state index < -0.39 is 17.4 Å². The molecule has 1 aliphatic heterocycles. The monoisotopic (exact) mass is 310 g/mol. The van der Waals surface area contributed by atoms with Crippen molar-refractivity contribution in [3.8, 4) is 0 Å². The van der Waals surface area contributed by atoms with Gasteiger partial charge in [-0.15, -0.1) is 0 Å². The summed E-state index contributed by atoms with van der Waals surface area (Å²) >= 11 is 5.97. The van der Waals surface area contributed by atoms with Crippen LogP contribution in [0, 0.1) is 5.82 Å². The van der Waals surface area contributed by atoms with E-state index in [4.69, 9.17) is 11.6 Å². The second-order valence-electron chi connectivity index (χ2n) is 5.66. The van der Waals surface area contributed by atoms with Crippen LogP contribution < -0.4 is 5.32 Å². The minimum atomic E-state index is -0.785. The summed E-state index contributed by atoms with van der Waals surface area (Å²) in [5.41, 5.74) is -0.608. The molecule has 1 spiro atoms. The summed E-state index contributed by atoms with van der Waals surface area (Å²) in [6.45, 7) is -0.127. The zero-order valence-electron chi connectivity index (χ0n) is 11.5. The summed E-state index contributed by atoms with van der Waals surface area (Å²) in [4.78, 5) is 25.8. The standard InChI is InChI=1S/C15H16ClFN2O2/c16-11-5-4-6-12(17)10(11)9-19-13(20)15(18-14(19)21)7-2-1-3-8-15/h4-6H,1-3,7-9H2,(H,18,21). The van der Waals surface area contributed by atoms with E-state index in [0.717, 1.165) is 24.2 Å². The van der Waals surface area contributed by atoms with Crippen molar-refractivity contribution in [1.29, 1.82) is 0 Å². The Hall–Kier alpha value is -1.62. The number of hydrogen-bond donors (Lipinski definition) is 1. The number of amides is 3. The van der Waals surface area contributed by atoms with Crippen molar-refractivity contribution in [2.24, 2.45) is 0 Å². The molecule has 1 N–H and O–H groups in total. The Bertz CT molecular complexity index is 579. The molecule has 1 saturated carbocycles. The molecule has 6 heteroatoms. The quantitative estimate of drug-likeness (QED) is 0.853. The third kappa shape index (κ3) is 2.39. The predicted molar refractivity (Wildman–Crippen MR) is 76.3 cm³/mol. The third-order valence-corrected chi connectivity index (χ3v) is 4.69. The lowest BCUT2D eigenvalue weighted by Gasteiger charge is -2.30. The van der Waals surface area contributed by atoms with Crippen LogP contribution in [0.15, 0.2) is 18.2 Å². The summed E-state index contributed by atoms with van der Waals surface area (Å²) in [5.74, 6) is -0.765. The Kier molecular flexibility index (Phi) is 3.61. The molecule has 112 valence electrons. The molecule has 21 heavy (non-hydrogen) atoms. The Labute approximate surface area is 127 Å². The highest BCUT2D eigenvalue weighted by atomic mass is 35.5. The number of nitrogens with zero attached hydrogens (tertiary/aromatic N) is 1. The van der Waals surface area contributed by atoms with Gasteiger partial charge in [0.1, 0.15) is 11.4 Å². The minimum absolute atomic E-state index is 0.127. The molecule has 1 aromatic carbocycles. The van der Waals surface area contributed by atoms with Crippen molar-refractivity contribution in [2.75, 3.05) is 0 Å². The molecule has 3 amide bonds. The number of carbonyl (C=O) groups is 2. The van der Waals surface area contributed by atoms with Gasteiger partial charge in [0.15, 0.2) is 0 Å². The van der Waals surface area contributed by atoms with Crippen LogP contribution in [0.5, 0.6) is 0 Å². The molecule has 0 unspecified atom stereocenters. The van der Waals surface area contributed by atoms with Gasteiger partial charge in [-0.2, -0.15) is 0 Å². The second-order valence-corrected chi connectivity index (χ2v) is 6.07. The molecule has 2 aliphatic rings. The Morgan fingerprint density at radius 2 is 1.95 bits per heavy atom. The summed E-state index contributed by atoms with van der Waals surface area (Å²) in [7, 11) is 0. The number of nitrogens with one attached hydrogen (secondary N) is 1. The lowest BCUT2D eigenvalue weighted by atomic mass is 9.82. The zero-order valence-corrected chi connectivity index (χ0v) is 12.3. The number of benzene rings is 1. The van der Waals surface area contributed by atoms with Crippen LogP contribution in [-0.4, -0.2) is 22.4 Å². The molecule has 4 nitrogen and oxygen atoms in total. The van der Waals surface area contributed by atoms with E-state index in [2.05, 4.69) is 5.32 Å². The number of halogens is 2. The van der Waals surface area contributed by atoms with Gasteiger partial charge >= 0.3 is 6.03 Å². The number of carbonyl (C=O) groups excluding carboxylic acids is 2. The average Bonchev–Trinajstić information content (AvgIpc) is 2.67. The number of imide groups is 1. The van der Waals surface area contributed by atoms with Gasteiger partial charge in [0, 0.05) is 10.6 Å². The fraction of sp³-hybridized carbons (Fsp3) is 0.467. The van der Waals surface area contributed by atoms with E-state index >= 15 is 0 Å². The van der Waals surface area contributed by atoms with Crippen LogP contribution in [-0.2, 0) is 11.3 Å². The van der Waals surface area contributed by atoms with Gasteiger partial charge in [-0.05, 0) is 25.0 Å². The van der Waals surface area contributed by atoms with Crippen LogP contribution >= 0.6 is 11.6 Å². The van der Waals surface area contributed by atoms with Crippen LogP contribution in [0.25, 0.3) is 0 Å². The van der Waals surface area contributed by atoms with Crippen molar-refractivity contribution in [1.82, 2.24) is 10.2 Å². The lowest BCUT2D eigenvalue weighted by Crippen LogP contribution is -2.48. The summed E-state index contributed by atoms with van der Waals surface area (Å²) in [6, 6.07) is 3.86. The molecule has 3 rings (SSSR count). The van der Waals surface area contributed by atoms with Gasteiger partial charge in [0.25, 0.3) is 5.91 Å². The molecule has 1 aliphatic carbocycles. The molecule has 1 aromatic rings. The summed E-state index contributed by atoms with van der Waals surface area (Å²) in [5, 5.41) is 3.02. The van der Waals surface area contributed by atoms with Gasteiger partial charge in [-0.1, -0.05) is 36.9 Å². The highest BCUT2D eigenvalue weighted by molar-refractivity contribution is 6.31. The summed E-state index contributed by atoms with van der Waals surface area (Å²) in [6.07, 6.45) is 4.21. The van der Waals surface area contributed by atoms with Crippen LogP contribution in [0.1, 0.15) is 37.7 Å². The van der Waals surface area contributed by atoms with Crippen molar-refractivity contribution < 1.29 is 14.0 Å². The van der Waals surface area contributed by atoms with Gasteiger partial charge in [-0.3, -0.25) is 9.69 Å². The first-order chi connectivity index (χ1) is 10.0. The van der Waals surface area contributed by atoms with Gasteiger partial charge < -0.3 is 5.32 Å². The lowest BCUT2D eigenvalue weighted by molar-refractivity contribution is -0.132. The Morgan fingerprint density at radius 3 is 2.62 bits per heavy atom. The highest BCUT2D eigenvalue weighted by Gasteiger charge is 2.51. The van der Waals surface area contributed by atoms with Gasteiger partial charge in [0.05, 0.1) is 6.54 Å². The molecule has 1 saturated heterocycles. The van der Waals surface area contributed by atoms with Crippen molar-refractivity contribution in [3.63, 3.8) is 0 Å². The maximum absolute atomic E-state index is 13.8. The van der Waals surface area contributed by atoms with E-state index in [-0.39, 0.29) is 23.0 Å². The highest BCUT2D eigenvalue weighted by Crippen LogP contribution is 2.34. The summed E-state index contributed by atoms with van der Waals surface area (Å²) < 4.78 is 13.8. The van der Waals surface area contributed by atoms with Crippen molar-refractivity contribution in [2.45, 2.75) is 44.2 Å². The Morgan fingerprint density at radius 1 is 1.24 bits per heavy atom. The fourth-order valence-electron chi connectivity index (χ4n) is 3.16. The molecule has 0 atom stereocenters. The topological polar surface area (TPSA) is 49.4 Å². The van der Waals surface area contributed by atoms with Gasteiger partial charge in [0.2, 0.25) is 0 Å². The SMILES string of the molecule is O=C1NC2(CCCCC2)C(=O)N1Cc1c(F)cccc1Cl. The van der Waals surface area contributed by atoms with E-state index in [1.54, 1.807) is 6.07 Å². The molecule has 0 radical (unpaired) electrons. The second kappa shape index (κ2) is 5.30. The fourth-order valence-corrected chi connectivity index (χ4v) is 3.38. The van der Waals surface area contributed by atoms with E-state index in [0.29, 0.717) is 12.8 Å². The van der Waals surface area contributed by atoms with E-state index in [9.17, 15) is 14.0 Å². The van der Waals surface area contributed by atoms with Crippen molar-refractivity contribution >= 4 is 23.5 Å². The molecular weight excluding hydrogens is 295 g/mol. The van der Waals surface area contributed by atoms with Crippen LogP contribution in [0.3, 0.4) is 0 Å². The smallest absolute Gasteiger partial charge is 0.323 e. The van der Waals surface area contributed by atoms with E-state index in [1.807, 2.05) is 0 Å². The first kappa shape index (κ1) is 14.3.